The van der Waals surface area contributed by atoms with Crippen molar-refractivity contribution in [3.8, 4) is 5.75 Å². The monoisotopic (exact) mass is 274 g/mol. The lowest BCUT2D eigenvalue weighted by molar-refractivity contribution is -0.137. The van der Waals surface area contributed by atoms with Gasteiger partial charge in [0.1, 0.15) is 11.3 Å². The Hall–Kier alpha value is -2.56. The Morgan fingerprint density at radius 3 is 2.85 bits per heavy atom. The molecule has 0 aliphatic rings. The van der Waals surface area contributed by atoms with Crippen molar-refractivity contribution in [2.24, 2.45) is 0 Å². The quantitative estimate of drug-likeness (QED) is 0.486. The van der Waals surface area contributed by atoms with E-state index in [-0.39, 0.29) is 12.2 Å². The molecule has 0 N–H and O–H groups in total. The molecule has 0 radical (unpaired) electrons. The van der Waals surface area contributed by atoms with Crippen LogP contribution in [0.15, 0.2) is 39.6 Å². The number of hydrogen-bond acceptors (Lipinski definition) is 5. The van der Waals surface area contributed by atoms with Gasteiger partial charge in [0.15, 0.2) is 0 Å². The maximum atomic E-state index is 11.8. The smallest absolute Gasteiger partial charge is 0.343 e. The SMILES string of the molecule is CCOC(=O)/C=C/c1cc2cc(OC)ccc2oc1=O. The van der Waals surface area contributed by atoms with Gasteiger partial charge in [-0.3, -0.25) is 0 Å². The van der Waals surface area contributed by atoms with Gasteiger partial charge in [0.05, 0.1) is 19.3 Å². The Kier molecular flexibility index (Phi) is 4.20. The molecule has 2 rings (SSSR count). The summed E-state index contributed by atoms with van der Waals surface area (Å²) in [6.07, 6.45) is 2.57. The summed E-state index contributed by atoms with van der Waals surface area (Å²) in [7, 11) is 1.56. The van der Waals surface area contributed by atoms with Gasteiger partial charge < -0.3 is 13.9 Å². The van der Waals surface area contributed by atoms with Gasteiger partial charge in [-0.15, -0.1) is 0 Å². The summed E-state index contributed by atoms with van der Waals surface area (Å²) >= 11 is 0. The molecule has 0 amide bonds. The lowest BCUT2D eigenvalue weighted by atomic mass is 10.1. The van der Waals surface area contributed by atoms with Crippen LogP contribution in [-0.4, -0.2) is 19.7 Å². The zero-order valence-electron chi connectivity index (χ0n) is 11.2. The summed E-state index contributed by atoms with van der Waals surface area (Å²) in [5.41, 5.74) is 0.228. The normalized spacial score (nSPS) is 10.9. The number of esters is 1. The van der Waals surface area contributed by atoms with Crippen LogP contribution in [0.25, 0.3) is 17.0 Å². The second kappa shape index (κ2) is 6.06. The first-order chi connectivity index (χ1) is 9.63. The molecule has 0 aliphatic heterocycles. The molecular weight excluding hydrogens is 260 g/mol. The van der Waals surface area contributed by atoms with E-state index in [4.69, 9.17) is 13.9 Å². The number of benzene rings is 1. The summed E-state index contributed by atoms with van der Waals surface area (Å²) < 4.78 is 15.0. The Morgan fingerprint density at radius 1 is 1.35 bits per heavy atom. The van der Waals surface area contributed by atoms with Crippen LogP contribution in [0.3, 0.4) is 0 Å². The first kappa shape index (κ1) is 13.9. The van der Waals surface area contributed by atoms with Gasteiger partial charge >= 0.3 is 11.6 Å². The minimum Gasteiger partial charge on any atom is -0.497 e. The van der Waals surface area contributed by atoms with Crippen LogP contribution in [-0.2, 0) is 9.53 Å². The molecule has 0 spiro atoms. The van der Waals surface area contributed by atoms with Crippen molar-refractivity contribution in [2.45, 2.75) is 6.92 Å². The summed E-state index contributed by atoms with van der Waals surface area (Å²) in [5.74, 6) is 0.157. The van der Waals surface area contributed by atoms with Crippen LogP contribution in [0.2, 0.25) is 0 Å². The summed E-state index contributed by atoms with van der Waals surface area (Å²) in [6, 6.07) is 6.76. The van der Waals surface area contributed by atoms with Gasteiger partial charge in [0.25, 0.3) is 0 Å². The molecule has 1 aromatic heterocycles. The summed E-state index contributed by atoms with van der Waals surface area (Å²) in [5, 5.41) is 0.715. The van der Waals surface area contributed by atoms with Crippen molar-refractivity contribution in [1.29, 1.82) is 0 Å². The fourth-order valence-electron chi connectivity index (χ4n) is 1.71. The number of ether oxygens (including phenoxy) is 2. The van der Waals surface area contributed by atoms with Gasteiger partial charge in [-0.25, -0.2) is 9.59 Å². The Balaban J connectivity index is 2.40. The van der Waals surface area contributed by atoms with Crippen molar-refractivity contribution in [1.82, 2.24) is 0 Å². The predicted molar refractivity (Wildman–Crippen MR) is 74.7 cm³/mol. The van der Waals surface area contributed by atoms with Crippen LogP contribution in [0.5, 0.6) is 5.75 Å². The molecule has 2 aromatic rings. The highest BCUT2D eigenvalue weighted by Gasteiger charge is 2.05. The third-order valence-electron chi connectivity index (χ3n) is 2.65. The van der Waals surface area contributed by atoms with Gasteiger partial charge in [0.2, 0.25) is 0 Å². The van der Waals surface area contributed by atoms with Crippen LogP contribution in [0, 0.1) is 0 Å². The molecule has 1 aromatic carbocycles. The van der Waals surface area contributed by atoms with E-state index in [1.807, 2.05) is 0 Å². The van der Waals surface area contributed by atoms with E-state index >= 15 is 0 Å². The standard InChI is InChI=1S/C15H14O5/c1-3-19-14(16)7-4-10-8-11-9-12(18-2)5-6-13(11)20-15(10)17/h4-9H,3H2,1-2H3/b7-4+. The Morgan fingerprint density at radius 2 is 2.15 bits per heavy atom. The third-order valence-corrected chi connectivity index (χ3v) is 2.65. The van der Waals surface area contributed by atoms with Gasteiger partial charge in [0, 0.05) is 11.5 Å². The first-order valence-electron chi connectivity index (χ1n) is 6.10. The molecular formula is C15H14O5. The molecule has 0 saturated heterocycles. The first-order valence-corrected chi connectivity index (χ1v) is 6.10. The van der Waals surface area contributed by atoms with Crippen LogP contribution < -0.4 is 10.4 Å². The maximum absolute atomic E-state index is 11.8. The molecule has 5 heteroatoms. The number of hydrogen-bond donors (Lipinski definition) is 0. The predicted octanol–water partition coefficient (Wildman–Crippen LogP) is 2.38. The second-order valence-corrected chi connectivity index (χ2v) is 3.98. The molecule has 104 valence electrons. The lowest BCUT2D eigenvalue weighted by Gasteiger charge is -2.02. The van der Waals surface area contributed by atoms with E-state index in [0.29, 0.717) is 16.7 Å². The van der Waals surface area contributed by atoms with Crippen LogP contribution >= 0.6 is 0 Å². The second-order valence-electron chi connectivity index (χ2n) is 3.98. The van der Waals surface area contributed by atoms with Crippen molar-refractivity contribution < 1.29 is 18.7 Å². The van der Waals surface area contributed by atoms with Gasteiger partial charge in [-0.2, -0.15) is 0 Å². The fraction of sp³-hybridized carbons (Fsp3) is 0.200. The molecule has 20 heavy (non-hydrogen) atoms. The highest BCUT2D eigenvalue weighted by Crippen LogP contribution is 2.20. The number of fused-ring (bicyclic) bond motifs is 1. The van der Waals surface area contributed by atoms with Crippen molar-refractivity contribution >= 4 is 23.0 Å². The molecule has 0 bridgehead atoms. The minimum absolute atomic E-state index is 0.277. The zero-order valence-corrected chi connectivity index (χ0v) is 11.2. The summed E-state index contributed by atoms with van der Waals surface area (Å²) in [4.78, 5) is 23.0. The molecule has 0 saturated carbocycles. The van der Waals surface area contributed by atoms with Crippen molar-refractivity contribution in [3.63, 3.8) is 0 Å². The maximum Gasteiger partial charge on any atom is 0.343 e. The average molecular weight is 274 g/mol. The fourth-order valence-corrected chi connectivity index (χ4v) is 1.71. The molecule has 0 fully saturated rings. The zero-order chi connectivity index (χ0) is 14.5. The third kappa shape index (κ3) is 3.06. The minimum atomic E-state index is -0.511. The van der Waals surface area contributed by atoms with E-state index in [2.05, 4.69) is 0 Å². The van der Waals surface area contributed by atoms with E-state index in [9.17, 15) is 9.59 Å². The molecule has 0 atom stereocenters. The van der Waals surface area contributed by atoms with E-state index in [1.54, 1.807) is 38.3 Å². The van der Waals surface area contributed by atoms with Crippen molar-refractivity contribution in [3.05, 3.63) is 46.3 Å². The van der Waals surface area contributed by atoms with Gasteiger partial charge in [-0.05, 0) is 37.3 Å². The molecule has 1 heterocycles. The largest absolute Gasteiger partial charge is 0.497 e. The molecule has 0 aliphatic carbocycles. The lowest BCUT2D eigenvalue weighted by Crippen LogP contribution is -2.04. The van der Waals surface area contributed by atoms with E-state index in [0.717, 1.165) is 0 Å². The number of rotatable bonds is 4. The highest BCUT2D eigenvalue weighted by atomic mass is 16.5. The Bertz CT molecular complexity index is 712. The number of carbonyl (C=O) groups is 1. The number of methoxy groups -OCH3 is 1. The van der Waals surface area contributed by atoms with Crippen molar-refractivity contribution in [2.75, 3.05) is 13.7 Å². The van der Waals surface area contributed by atoms with Crippen LogP contribution in [0.4, 0.5) is 0 Å². The molecule has 0 unspecified atom stereocenters. The highest BCUT2D eigenvalue weighted by molar-refractivity contribution is 5.88. The van der Waals surface area contributed by atoms with Gasteiger partial charge in [-0.1, -0.05) is 0 Å². The average Bonchev–Trinajstić information content (AvgIpc) is 2.45. The van der Waals surface area contributed by atoms with E-state index < -0.39 is 11.6 Å². The van der Waals surface area contributed by atoms with E-state index in [1.165, 1.54) is 12.2 Å². The number of carbonyl (C=O) groups excluding carboxylic acids is 1. The Labute approximate surface area is 115 Å². The summed E-state index contributed by atoms with van der Waals surface area (Å²) in [6.45, 7) is 2.00. The molecule has 5 nitrogen and oxygen atoms in total. The topological polar surface area (TPSA) is 65.7 Å². The van der Waals surface area contributed by atoms with Crippen LogP contribution in [0.1, 0.15) is 12.5 Å².